The van der Waals surface area contributed by atoms with Crippen molar-refractivity contribution in [3.63, 3.8) is 0 Å². The molecule has 0 bridgehead atoms. The minimum absolute atomic E-state index is 0.0849. The number of unbranched alkanes of at least 4 members (excludes halogenated alkanes) is 9. The molecule has 0 aliphatic carbocycles. The maximum absolute atomic E-state index is 12.1. The van der Waals surface area contributed by atoms with Gasteiger partial charge < -0.3 is 19.6 Å². The van der Waals surface area contributed by atoms with Crippen molar-refractivity contribution in [2.75, 3.05) is 6.61 Å². The van der Waals surface area contributed by atoms with Crippen LogP contribution in [0.3, 0.4) is 0 Å². The molecule has 0 aliphatic heterocycles. The second-order valence-corrected chi connectivity index (χ2v) is 12.9. The third-order valence-electron chi connectivity index (χ3n) is 3.16. The van der Waals surface area contributed by atoms with Crippen molar-refractivity contribution in [3.8, 4) is 0 Å². The molecule has 0 aliphatic rings. The molecular weight excluding hydrogens is 429 g/mol. The van der Waals surface area contributed by atoms with Crippen LogP contribution >= 0.6 is 21.3 Å². The summed E-state index contributed by atoms with van der Waals surface area (Å²) in [7, 11) is -4.65. The Labute approximate surface area is 160 Å². The molecule has 13 heteroatoms. The molecule has 0 aromatic rings. The Hall–Kier alpha value is 1.25. The Bertz CT molecular complexity index is 465. The molecule has 0 amide bonds. The van der Waals surface area contributed by atoms with Crippen molar-refractivity contribution in [2.24, 2.45) is 0 Å². The molecule has 152 valence electrons. The molecule has 0 radical (unpaired) electrons. The molecule has 8 nitrogen and oxygen atoms in total. The summed E-state index contributed by atoms with van der Waals surface area (Å²) in [5, 5.41) is 0. The smallest absolute Gasteiger partial charge is 0.324 e. The maximum atomic E-state index is 12.1. The first-order chi connectivity index (χ1) is 11.5. The van der Waals surface area contributed by atoms with Gasteiger partial charge in [-0.3, -0.25) is 4.52 Å². The van der Waals surface area contributed by atoms with Gasteiger partial charge in [0.15, 0.2) is 0 Å². The Kier molecular flexibility index (Phi) is 14.1. The Morgan fingerprint density at radius 1 is 0.720 bits per heavy atom. The average molecular weight is 458 g/mol. The van der Waals surface area contributed by atoms with E-state index in [1.54, 1.807) is 0 Å². The van der Waals surface area contributed by atoms with Crippen molar-refractivity contribution >= 4 is 44.9 Å². The Balaban J connectivity index is 3.98. The van der Waals surface area contributed by atoms with Crippen LogP contribution in [0.5, 0.6) is 0 Å². The van der Waals surface area contributed by atoms with Crippen LogP contribution in [0.2, 0.25) is 0 Å². The van der Waals surface area contributed by atoms with E-state index in [1.807, 2.05) is 0 Å². The lowest BCUT2D eigenvalue weighted by Gasteiger charge is -2.20. The molecule has 0 saturated carbocycles. The summed E-state index contributed by atoms with van der Waals surface area (Å²) in [5.74, 6) is 0. The highest BCUT2D eigenvalue weighted by atomic mass is 32.5. The van der Waals surface area contributed by atoms with Crippen molar-refractivity contribution in [3.05, 3.63) is 0 Å². The van der Waals surface area contributed by atoms with E-state index in [0.29, 0.717) is 6.42 Å². The van der Waals surface area contributed by atoms with Crippen LogP contribution in [0.25, 0.3) is 0 Å². The highest BCUT2D eigenvalue weighted by molar-refractivity contribution is 8.09. The fourth-order valence-electron chi connectivity index (χ4n) is 2.09. The molecule has 0 atom stereocenters. The standard InChI is InChI=1S/C12H29O8P3S2/c1-2-3-4-5-6-7-8-9-10-11-12-18-23(17,19-21(13,14)24)20-22(15,16)25/h2-12H2,1H3,(H2,13,14,24)(H2,15,16,25). The van der Waals surface area contributed by atoms with Crippen molar-refractivity contribution in [1.82, 2.24) is 0 Å². The third-order valence-corrected chi connectivity index (χ3v) is 8.16. The van der Waals surface area contributed by atoms with E-state index in [4.69, 9.17) is 24.1 Å². The van der Waals surface area contributed by atoms with E-state index < -0.39 is 21.3 Å². The fourth-order valence-corrected chi connectivity index (χ4v) is 6.76. The van der Waals surface area contributed by atoms with Crippen LogP contribution in [0.15, 0.2) is 0 Å². The SMILES string of the molecule is CCCCCCCCCCCCOP(=O)(OP(O)(O)=S)OP(O)(O)=S. The zero-order chi connectivity index (χ0) is 19.4. The van der Waals surface area contributed by atoms with Crippen LogP contribution in [0, 0.1) is 0 Å². The first-order valence-corrected chi connectivity index (χ1v) is 15.0. The highest BCUT2D eigenvalue weighted by Crippen LogP contribution is 2.67. The molecule has 0 spiro atoms. The Morgan fingerprint density at radius 2 is 1.08 bits per heavy atom. The van der Waals surface area contributed by atoms with Crippen LogP contribution < -0.4 is 0 Å². The van der Waals surface area contributed by atoms with Crippen molar-refractivity contribution < 1.29 is 37.3 Å². The van der Waals surface area contributed by atoms with Crippen LogP contribution in [-0.4, -0.2) is 26.2 Å². The van der Waals surface area contributed by atoms with Crippen molar-refractivity contribution in [2.45, 2.75) is 71.1 Å². The molecule has 0 saturated heterocycles. The minimum Gasteiger partial charge on any atom is -0.324 e. The normalized spacial score (nSPS) is 13.3. The van der Waals surface area contributed by atoms with Gasteiger partial charge in [-0.15, -0.1) is 0 Å². The van der Waals surface area contributed by atoms with Gasteiger partial charge in [0.2, 0.25) is 0 Å². The molecule has 0 unspecified atom stereocenters. The van der Waals surface area contributed by atoms with Gasteiger partial charge in [0.1, 0.15) is 0 Å². The number of hydrogen-bond acceptors (Lipinski definition) is 6. The molecule has 0 aromatic carbocycles. The summed E-state index contributed by atoms with van der Waals surface area (Å²) in [6, 6.07) is 0. The number of rotatable bonds is 16. The topological polar surface area (TPSA) is 126 Å². The van der Waals surface area contributed by atoms with Crippen LogP contribution in [-0.2, 0) is 41.3 Å². The van der Waals surface area contributed by atoms with Gasteiger partial charge in [0.05, 0.1) is 6.61 Å². The largest absolute Gasteiger partial charge is 0.489 e. The van der Waals surface area contributed by atoms with Gasteiger partial charge >= 0.3 is 21.3 Å². The summed E-state index contributed by atoms with van der Waals surface area (Å²) >= 11 is 8.38. The first-order valence-electron chi connectivity index (χ1n) is 8.26. The molecule has 0 heterocycles. The van der Waals surface area contributed by atoms with Gasteiger partial charge in [-0.1, -0.05) is 64.7 Å². The fraction of sp³-hybridized carbons (Fsp3) is 1.00. The average Bonchev–Trinajstić information content (AvgIpc) is 2.40. The predicted molar refractivity (Wildman–Crippen MR) is 105 cm³/mol. The summed E-state index contributed by atoms with van der Waals surface area (Å²) in [6.45, 7) is -6.67. The monoisotopic (exact) mass is 458 g/mol. The second kappa shape index (κ2) is 13.4. The molecular formula is C12H29O8P3S2. The molecule has 0 fully saturated rings. The third kappa shape index (κ3) is 18.4. The lowest BCUT2D eigenvalue weighted by Crippen LogP contribution is -2.00. The minimum atomic E-state index is -4.65. The number of phosphoric acid groups is 1. The summed E-state index contributed by atoms with van der Waals surface area (Å²) in [6.07, 6.45) is 10.9. The van der Waals surface area contributed by atoms with Gasteiger partial charge in [0.25, 0.3) is 0 Å². The van der Waals surface area contributed by atoms with E-state index in [2.05, 4.69) is 39.2 Å². The molecule has 4 N–H and O–H groups in total. The lowest BCUT2D eigenvalue weighted by molar-refractivity contribution is 0.188. The van der Waals surface area contributed by atoms with E-state index in [1.165, 1.54) is 38.5 Å². The zero-order valence-corrected chi connectivity index (χ0v) is 18.7. The highest BCUT2D eigenvalue weighted by Gasteiger charge is 2.38. The summed E-state index contributed by atoms with van der Waals surface area (Å²) < 4.78 is 25.5. The molecule has 25 heavy (non-hydrogen) atoms. The number of hydrogen-bond donors (Lipinski definition) is 4. The van der Waals surface area contributed by atoms with E-state index in [-0.39, 0.29) is 6.61 Å². The van der Waals surface area contributed by atoms with E-state index in [9.17, 15) is 4.57 Å². The van der Waals surface area contributed by atoms with E-state index in [0.717, 1.165) is 19.3 Å². The zero-order valence-electron chi connectivity index (χ0n) is 14.4. The maximum Gasteiger partial charge on any atom is 0.489 e. The van der Waals surface area contributed by atoms with Gasteiger partial charge in [-0.25, -0.2) is 13.2 Å². The summed E-state index contributed by atoms with van der Waals surface area (Å²) in [5.41, 5.74) is 0. The van der Waals surface area contributed by atoms with Crippen LogP contribution in [0.4, 0.5) is 0 Å². The first kappa shape index (κ1) is 26.2. The molecule has 0 rings (SSSR count). The quantitative estimate of drug-likeness (QED) is 0.194. The summed E-state index contributed by atoms with van der Waals surface area (Å²) in [4.78, 5) is 36.3. The second-order valence-electron chi connectivity index (χ2n) is 5.61. The lowest BCUT2D eigenvalue weighted by atomic mass is 10.1. The van der Waals surface area contributed by atoms with Gasteiger partial charge in [0, 0.05) is 0 Å². The van der Waals surface area contributed by atoms with E-state index >= 15 is 0 Å². The Morgan fingerprint density at radius 3 is 1.44 bits per heavy atom. The van der Waals surface area contributed by atoms with Gasteiger partial charge in [-0.2, -0.15) is 0 Å². The van der Waals surface area contributed by atoms with Crippen molar-refractivity contribution in [1.29, 1.82) is 0 Å². The predicted octanol–water partition coefficient (Wildman–Crippen LogP) is 4.48. The molecule has 0 aromatic heterocycles. The van der Waals surface area contributed by atoms with Gasteiger partial charge in [-0.05, 0) is 30.0 Å². The van der Waals surface area contributed by atoms with Crippen LogP contribution in [0.1, 0.15) is 71.1 Å².